The first-order valence-corrected chi connectivity index (χ1v) is 8.21. The van der Waals surface area contributed by atoms with Gasteiger partial charge in [0.05, 0.1) is 4.90 Å². The van der Waals surface area contributed by atoms with Crippen LogP contribution in [0.3, 0.4) is 0 Å². The molecule has 6 nitrogen and oxygen atoms in total. The zero-order chi connectivity index (χ0) is 15.3. The molecule has 0 aliphatic heterocycles. The van der Waals surface area contributed by atoms with Gasteiger partial charge in [0, 0.05) is 39.0 Å². The van der Waals surface area contributed by atoms with E-state index in [0.29, 0.717) is 24.4 Å². The standard InChI is InChI=1S/C14H20N4O2S/c1-15-11-12-5-3-4-6-13(12)21(19,20)17-8-7-14-16-9-10-18(14)2/h3-6,9-10,15,17H,7-8,11H2,1-2H3. The van der Waals surface area contributed by atoms with Crippen LogP contribution in [0.25, 0.3) is 0 Å². The third-order valence-corrected chi connectivity index (χ3v) is 4.75. The molecule has 0 aliphatic carbocycles. The monoisotopic (exact) mass is 308 g/mol. The van der Waals surface area contributed by atoms with E-state index in [1.807, 2.05) is 29.9 Å². The van der Waals surface area contributed by atoms with Gasteiger partial charge < -0.3 is 9.88 Å². The summed E-state index contributed by atoms with van der Waals surface area (Å²) in [7, 11) is 0.171. The lowest BCUT2D eigenvalue weighted by Gasteiger charge is -2.11. The molecule has 0 radical (unpaired) electrons. The van der Waals surface area contributed by atoms with Gasteiger partial charge in [-0.1, -0.05) is 18.2 Å². The Balaban J connectivity index is 2.07. The maximum atomic E-state index is 12.4. The zero-order valence-corrected chi connectivity index (χ0v) is 13.0. The van der Waals surface area contributed by atoms with E-state index < -0.39 is 10.0 Å². The highest BCUT2D eigenvalue weighted by Gasteiger charge is 2.17. The van der Waals surface area contributed by atoms with Crippen LogP contribution in [0, 0.1) is 0 Å². The van der Waals surface area contributed by atoms with Gasteiger partial charge in [-0.05, 0) is 18.7 Å². The normalized spacial score (nSPS) is 11.7. The van der Waals surface area contributed by atoms with Gasteiger partial charge in [0.25, 0.3) is 0 Å². The first kappa shape index (κ1) is 15.7. The van der Waals surface area contributed by atoms with Gasteiger partial charge in [0.15, 0.2) is 0 Å². The number of rotatable bonds is 7. The van der Waals surface area contributed by atoms with Crippen molar-refractivity contribution in [3.63, 3.8) is 0 Å². The molecule has 0 bridgehead atoms. The molecule has 0 fully saturated rings. The van der Waals surface area contributed by atoms with Crippen LogP contribution in [0.15, 0.2) is 41.6 Å². The fraction of sp³-hybridized carbons (Fsp3) is 0.357. The minimum atomic E-state index is -3.51. The molecule has 2 rings (SSSR count). The third kappa shape index (κ3) is 3.90. The molecule has 21 heavy (non-hydrogen) atoms. The predicted octanol–water partition coefficient (Wildman–Crippen LogP) is 0.660. The number of imidazole rings is 1. The molecule has 0 saturated carbocycles. The zero-order valence-electron chi connectivity index (χ0n) is 12.2. The van der Waals surface area contributed by atoms with Crippen LogP contribution in [-0.2, 0) is 30.0 Å². The van der Waals surface area contributed by atoms with E-state index in [1.165, 1.54) is 0 Å². The van der Waals surface area contributed by atoms with Gasteiger partial charge in [-0.3, -0.25) is 0 Å². The molecule has 2 aromatic rings. The molecule has 0 aliphatic rings. The second-order valence-electron chi connectivity index (χ2n) is 4.74. The summed E-state index contributed by atoms with van der Waals surface area (Å²) in [4.78, 5) is 4.49. The Morgan fingerprint density at radius 2 is 2.05 bits per heavy atom. The highest BCUT2D eigenvalue weighted by atomic mass is 32.2. The summed E-state index contributed by atoms with van der Waals surface area (Å²) >= 11 is 0. The SMILES string of the molecule is CNCc1ccccc1S(=O)(=O)NCCc1nccn1C. The number of aromatic nitrogens is 2. The summed E-state index contributed by atoms with van der Waals surface area (Å²) in [6, 6.07) is 6.99. The predicted molar refractivity (Wildman–Crippen MR) is 81.3 cm³/mol. The number of benzene rings is 1. The quantitative estimate of drug-likeness (QED) is 0.788. The van der Waals surface area contributed by atoms with Crippen molar-refractivity contribution in [1.82, 2.24) is 19.6 Å². The lowest BCUT2D eigenvalue weighted by molar-refractivity contribution is 0.578. The van der Waals surface area contributed by atoms with Crippen molar-refractivity contribution in [1.29, 1.82) is 0 Å². The van der Waals surface area contributed by atoms with Crippen molar-refractivity contribution in [2.45, 2.75) is 17.9 Å². The van der Waals surface area contributed by atoms with Crippen LogP contribution in [-0.4, -0.2) is 31.6 Å². The van der Waals surface area contributed by atoms with Crippen LogP contribution in [0.1, 0.15) is 11.4 Å². The molecule has 1 heterocycles. The fourth-order valence-electron chi connectivity index (χ4n) is 2.11. The Hall–Kier alpha value is -1.70. The average Bonchev–Trinajstić information content (AvgIpc) is 2.85. The van der Waals surface area contributed by atoms with E-state index in [4.69, 9.17) is 0 Å². The Morgan fingerprint density at radius 3 is 2.71 bits per heavy atom. The Kier molecular flexibility index (Phi) is 5.11. The number of nitrogens with one attached hydrogen (secondary N) is 2. The molecule has 7 heteroatoms. The van der Waals surface area contributed by atoms with Gasteiger partial charge in [0.1, 0.15) is 5.82 Å². The number of hydrogen-bond donors (Lipinski definition) is 2. The molecule has 1 aromatic heterocycles. The van der Waals surface area contributed by atoms with Crippen molar-refractivity contribution >= 4 is 10.0 Å². The molecular weight excluding hydrogens is 288 g/mol. The van der Waals surface area contributed by atoms with E-state index in [0.717, 1.165) is 11.4 Å². The number of aryl methyl sites for hydroxylation is 1. The molecular formula is C14H20N4O2S. The lowest BCUT2D eigenvalue weighted by atomic mass is 10.2. The van der Waals surface area contributed by atoms with E-state index in [2.05, 4.69) is 15.0 Å². The summed E-state index contributed by atoms with van der Waals surface area (Å²) in [5, 5.41) is 2.98. The van der Waals surface area contributed by atoms with Gasteiger partial charge in [-0.25, -0.2) is 18.1 Å². The largest absolute Gasteiger partial charge is 0.338 e. The second-order valence-corrected chi connectivity index (χ2v) is 6.48. The molecule has 0 atom stereocenters. The average molecular weight is 308 g/mol. The van der Waals surface area contributed by atoms with Gasteiger partial charge in [0.2, 0.25) is 10.0 Å². The molecule has 0 amide bonds. The van der Waals surface area contributed by atoms with Crippen LogP contribution < -0.4 is 10.0 Å². The van der Waals surface area contributed by atoms with Crippen molar-refractivity contribution in [2.24, 2.45) is 7.05 Å². The van der Waals surface area contributed by atoms with Crippen LogP contribution in [0.2, 0.25) is 0 Å². The Labute approximate surface area is 125 Å². The van der Waals surface area contributed by atoms with E-state index in [-0.39, 0.29) is 0 Å². The third-order valence-electron chi connectivity index (χ3n) is 3.19. The molecule has 114 valence electrons. The van der Waals surface area contributed by atoms with Crippen molar-refractivity contribution in [2.75, 3.05) is 13.6 Å². The van der Waals surface area contributed by atoms with Crippen LogP contribution in [0.5, 0.6) is 0 Å². The summed E-state index contributed by atoms with van der Waals surface area (Å²) in [6.07, 6.45) is 4.09. The number of hydrogen-bond acceptors (Lipinski definition) is 4. The smallest absolute Gasteiger partial charge is 0.240 e. The van der Waals surface area contributed by atoms with Crippen LogP contribution in [0.4, 0.5) is 0 Å². The van der Waals surface area contributed by atoms with E-state index in [9.17, 15) is 8.42 Å². The fourth-order valence-corrected chi connectivity index (χ4v) is 3.38. The minimum absolute atomic E-state index is 0.319. The van der Waals surface area contributed by atoms with Crippen LogP contribution >= 0.6 is 0 Å². The first-order chi connectivity index (χ1) is 10.0. The van der Waals surface area contributed by atoms with Crippen molar-refractivity contribution < 1.29 is 8.42 Å². The van der Waals surface area contributed by atoms with E-state index in [1.54, 1.807) is 25.4 Å². The van der Waals surface area contributed by atoms with Gasteiger partial charge in [-0.2, -0.15) is 0 Å². The number of sulfonamides is 1. The van der Waals surface area contributed by atoms with Crippen molar-refractivity contribution in [3.05, 3.63) is 48.0 Å². The summed E-state index contributed by atoms with van der Waals surface area (Å²) in [5.74, 6) is 0.848. The highest BCUT2D eigenvalue weighted by Crippen LogP contribution is 2.15. The molecule has 1 aromatic carbocycles. The number of nitrogens with zero attached hydrogens (tertiary/aromatic N) is 2. The van der Waals surface area contributed by atoms with Crippen molar-refractivity contribution in [3.8, 4) is 0 Å². The summed E-state index contributed by atoms with van der Waals surface area (Å²) < 4.78 is 29.3. The summed E-state index contributed by atoms with van der Waals surface area (Å²) in [6.45, 7) is 0.831. The molecule has 2 N–H and O–H groups in total. The first-order valence-electron chi connectivity index (χ1n) is 6.73. The van der Waals surface area contributed by atoms with Gasteiger partial charge in [-0.15, -0.1) is 0 Å². The van der Waals surface area contributed by atoms with E-state index >= 15 is 0 Å². The van der Waals surface area contributed by atoms with Gasteiger partial charge >= 0.3 is 0 Å². The summed E-state index contributed by atoms with van der Waals surface area (Å²) in [5.41, 5.74) is 0.754. The maximum absolute atomic E-state index is 12.4. The topological polar surface area (TPSA) is 76.0 Å². The maximum Gasteiger partial charge on any atom is 0.240 e. The molecule has 0 unspecified atom stereocenters. The lowest BCUT2D eigenvalue weighted by Crippen LogP contribution is -2.28. The highest BCUT2D eigenvalue weighted by molar-refractivity contribution is 7.89. The Bertz CT molecular complexity index is 695. The minimum Gasteiger partial charge on any atom is -0.338 e. The molecule has 0 saturated heterocycles. The second kappa shape index (κ2) is 6.84. The molecule has 0 spiro atoms. The Morgan fingerprint density at radius 1 is 1.29 bits per heavy atom.